The first-order chi connectivity index (χ1) is 8.49. The molecule has 0 saturated heterocycles. The van der Waals surface area contributed by atoms with Gasteiger partial charge in [-0.3, -0.25) is 4.79 Å². The van der Waals surface area contributed by atoms with Gasteiger partial charge < -0.3 is 9.88 Å². The van der Waals surface area contributed by atoms with Crippen LogP contribution in [0.4, 0.5) is 0 Å². The van der Waals surface area contributed by atoms with Gasteiger partial charge in [-0.05, 0) is 37.6 Å². The van der Waals surface area contributed by atoms with Gasteiger partial charge in [-0.25, -0.2) is 0 Å². The zero-order chi connectivity index (χ0) is 13.3. The van der Waals surface area contributed by atoms with Gasteiger partial charge in [0.2, 0.25) is 5.91 Å². The molecule has 1 heterocycles. The molecule has 0 spiro atoms. The highest BCUT2D eigenvalue weighted by molar-refractivity contribution is 6.30. The predicted octanol–water partition coefficient (Wildman–Crippen LogP) is 2.73. The Kier molecular flexibility index (Phi) is 3.62. The summed E-state index contributed by atoms with van der Waals surface area (Å²) in [6.45, 7) is 4.26. The van der Waals surface area contributed by atoms with Crippen molar-refractivity contribution >= 4 is 28.4 Å². The summed E-state index contributed by atoms with van der Waals surface area (Å²) in [6, 6.07) is 8.35. The Bertz CT molecular complexity index is 587. The molecule has 96 valence electrons. The lowest BCUT2D eigenvalue weighted by molar-refractivity contribution is -0.120. The van der Waals surface area contributed by atoms with Crippen molar-refractivity contribution in [3.8, 4) is 0 Å². The second kappa shape index (κ2) is 5.02. The molecule has 0 aliphatic rings. The Morgan fingerprint density at radius 1 is 1.44 bits per heavy atom. The average molecular weight is 265 g/mol. The summed E-state index contributed by atoms with van der Waals surface area (Å²) in [5.41, 5.74) is 3.51. The molecule has 1 atom stereocenters. The number of alkyl halides is 1. The summed E-state index contributed by atoms with van der Waals surface area (Å²) in [7, 11) is 2.05. The van der Waals surface area contributed by atoms with E-state index in [2.05, 4.69) is 35.0 Å². The van der Waals surface area contributed by atoms with E-state index in [9.17, 15) is 4.79 Å². The van der Waals surface area contributed by atoms with Gasteiger partial charge in [0, 0.05) is 30.2 Å². The van der Waals surface area contributed by atoms with E-state index in [1.165, 1.54) is 16.6 Å². The maximum Gasteiger partial charge on any atom is 0.238 e. The first-order valence-corrected chi connectivity index (χ1v) is 6.39. The lowest BCUT2D eigenvalue weighted by atomic mass is 10.1. The maximum atomic E-state index is 11.4. The largest absolute Gasteiger partial charge is 0.351 e. The molecule has 0 unspecified atom stereocenters. The van der Waals surface area contributed by atoms with Crippen molar-refractivity contribution in [2.45, 2.75) is 25.8 Å². The molecule has 4 heteroatoms. The van der Waals surface area contributed by atoms with E-state index in [4.69, 9.17) is 11.6 Å². The van der Waals surface area contributed by atoms with Gasteiger partial charge in [-0.2, -0.15) is 0 Å². The normalized spacial score (nSPS) is 12.7. The van der Waals surface area contributed by atoms with Crippen LogP contribution in [0.25, 0.3) is 10.9 Å². The molecule has 0 fully saturated rings. The zero-order valence-corrected chi connectivity index (χ0v) is 11.6. The Hall–Kier alpha value is -1.48. The smallest absolute Gasteiger partial charge is 0.238 e. The van der Waals surface area contributed by atoms with E-state index in [1.807, 2.05) is 13.1 Å². The van der Waals surface area contributed by atoms with Gasteiger partial charge in [0.05, 0.1) is 0 Å². The molecule has 1 aromatic carbocycles. The van der Waals surface area contributed by atoms with Gasteiger partial charge in [0.25, 0.3) is 0 Å². The highest BCUT2D eigenvalue weighted by Gasteiger charge is 2.08. The van der Waals surface area contributed by atoms with Crippen LogP contribution in [-0.2, 0) is 18.4 Å². The summed E-state index contributed by atoms with van der Waals surface area (Å²) in [5, 5.41) is 3.51. The standard InChI is InChI=1S/C14H17ClN2O/c1-9-6-12-7-11(4-5-13(12)17(9)3)8-16-14(18)10(2)15/h4-7,10H,8H2,1-3H3,(H,16,18)/t10-/m0/s1. The van der Waals surface area contributed by atoms with E-state index in [-0.39, 0.29) is 5.91 Å². The van der Waals surface area contributed by atoms with Crippen LogP contribution in [-0.4, -0.2) is 15.9 Å². The number of carbonyl (C=O) groups excluding carboxylic acids is 1. The molecule has 1 N–H and O–H groups in total. The second-order valence-corrected chi connectivity index (χ2v) is 5.23. The number of amides is 1. The van der Waals surface area contributed by atoms with Gasteiger partial charge in [-0.1, -0.05) is 6.07 Å². The minimum absolute atomic E-state index is 0.138. The van der Waals surface area contributed by atoms with Crippen LogP contribution in [0.1, 0.15) is 18.2 Å². The minimum atomic E-state index is -0.493. The van der Waals surface area contributed by atoms with Gasteiger partial charge >= 0.3 is 0 Å². The fraction of sp³-hybridized carbons (Fsp3) is 0.357. The SMILES string of the molecule is Cc1cc2cc(CNC(=O)[C@H](C)Cl)ccc2n1C. The summed E-state index contributed by atoms with van der Waals surface area (Å²) in [6.07, 6.45) is 0. The molecule has 1 amide bonds. The van der Waals surface area contributed by atoms with Crippen molar-refractivity contribution in [1.82, 2.24) is 9.88 Å². The van der Waals surface area contributed by atoms with Crippen molar-refractivity contribution in [3.05, 3.63) is 35.5 Å². The van der Waals surface area contributed by atoms with Crippen LogP contribution in [0, 0.1) is 6.92 Å². The molecule has 0 radical (unpaired) electrons. The quantitative estimate of drug-likeness (QED) is 0.850. The number of halogens is 1. The second-order valence-electron chi connectivity index (χ2n) is 4.57. The van der Waals surface area contributed by atoms with Crippen LogP contribution >= 0.6 is 11.6 Å². The number of nitrogens with zero attached hydrogens (tertiary/aromatic N) is 1. The highest BCUT2D eigenvalue weighted by Crippen LogP contribution is 2.19. The van der Waals surface area contributed by atoms with Crippen LogP contribution in [0.5, 0.6) is 0 Å². The van der Waals surface area contributed by atoms with Crippen LogP contribution in [0.3, 0.4) is 0 Å². The van der Waals surface area contributed by atoms with Gasteiger partial charge in [-0.15, -0.1) is 11.6 Å². The van der Waals surface area contributed by atoms with Gasteiger partial charge in [0.15, 0.2) is 0 Å². The van der Waals surface area contributed by atoms with Crippen LogP contribution < -0.4 is 5.32 Å². The number of rotatable bonds is 3. The fourth-order valence-electron chi connectivity index (χ4n) is 1.98. The Labute approximate surface area is 112 Å². The first kappa shape index (κ1) is 13.0. The summed E-state index contributed by atoms with van der Waals surface area (Å²) < 4.78 is 2.15. The zero-order valence-electron chi connectivity index (χ0n) is 10.8. The molecule has 2 aromatic rings. The number of hydrogen-bond acceptors (Lipinski definition) is 1. The van der Waals surface area contributed by atoms with Crippen molar-refractivity contribution in [2.24, 2.45) is 7.05 Å². The van der Waals surface area contributed by atoms with E-state index in [0.29, 0.717) is 6.54 Å². The van der Waals surface area contributed by atoms with E-state index in [1.54, 1.807) is 6.92 Å². The van der Waals surface area contributed by atoms with E-state index in [0.717, 1.165) is 5.56 Å². The number of benzene rings is 1. The summed E-state index contributed by atoms with van der Waals surface area (Å²) >= 11 is 5.70. The Balaban J connectivity index is 2.18. The van der Waals surface area contributed by atoms with Crippen LogP contribution in [0.15, 0.2) is 24.3 Å². The molecular formula is C14H17ClN2O. The van der Waals surface area contributed by atoms with Crippen molar-refractivity contribution in [2.75, 3.05) is 0 Å². The molecular weight excluding hydrogens is 248 g/mol. The third-order valence-electron chi connectivity index (χ3n) is 3.17. The first-order valence-electron chi connectivity index (χ1n) is 5.96. The van der Waals surface area contributed by atoms with Crippen molar-refractivity contribution in [1.29, 1.82) is 0 Å². The Morgan fingerprint density at radius 3 is 2.83 bits per heavy atom. The maximum absolute atomic E-state index is 11.4. The monoisotopic (exact) mass is 264 g/mol. The van der Waals surface area contributed by atoms with Gasteiger partial charge in [0.1, 0.15) is 5.38 Å². The topological polar surface area (TPSA) is 34.0 Å². The molecule has 2 rings (SSSR count). The number of nitrogens with one attached hydrogen (secondary N) is 1. The van der Waals surface area contributed by atoms with Crippen molar-refractivity contribution in [3.63, 3.8) is 0 Å². The van der Waals surface area contributed by atoms with E-state index >= 15 is 0 Å². The molecule has 0 saturated carbocycles. The van der Waals surface area contributed by atoms with Crippen LogP contribution in [0.2, 0.25) is 0 Å². The number of carbonyl (C=O) groups is 1. The average Bonchev–Trinajstić information content (AvgIpc) is 2.61. The van der Waals surface area contributed by atoms with Crippen molar-refractivity contribution < 1.29 is 4.79 Å². The molecule has 18 heavy (non-hydrogen) atoms. The number of hydrogen-bond donors (Lipinski definition) is 1. The summed E-state index contributed by atoms with van der Waals surface area (Å²) in [4.78, 5) is 11.4. The molecule has 1 aromatic heterocycles. The highest BCUT2D eigenvalue weighted by atomic mass is 35.5. The number of aryl methyl sites for hydroxylation is 2. The third-order valence-corrected chi connectivity index (χ3v) is 3.37. The number of fused-ring (bicyclic) bond motifs is 1. The fourth-order valence-corrected chi connectivity index (χ4v) is 2.05. The lowest BCUT2D eigenvalue weighted by Gasteiger charge is -2.07. The molecule has 3 nitrogen and oxygen atoms in total. The minimum Gasteiger partial charge on any atom is -0.351 e. The summed E-state index contributed by atoms with van der Waals surface area (Å²) in [5.74, 6) is -0.138. The third kappa shape index (κ3) is 2.51. The Morgan fingerprint density at radius 2 is 2.17 bits per heavy atom. The lowest BCUT2D eigenvalue weighted by Crippen LogP contribution is -2.28. The molecule has 0 aliphatic heterocycles. The number of aromatic nitrogens is 1. The molecule has 0 aliphatic carbocycles. The van der Waals surface area contributed by atoms with E-state index < -0.39 is 5.38 Å². The molecule has 0 bridgehead atoms. The predicted molar refractivity (Wildman–Crippen MR) is 74.8 cm³/mol.